The van der Waals surface area contributed by atoms with Crippen molar-refractivity contribution in [3.63, 3.8) is 0 Å². The van der Waals surface area contributed by atoms with Gasteiger partial charge in [-0.25, -0.2) is 4.39 Å². The summed E-state index contributed by atoms with van der Waals surface area (Å²) in [5.74, 6) is 0.417. The van der Waals surface area contributed by atoms with Crippen LogP contribution in [0.5, 0.6) is 0 Å². The summed E-state index contributed by atoms with van der Waals surface area (Å²) in [7, 11) is 0. The second kappa shape index (κ2) is 4.39. The van der Waals surface area contributed by atoms with Crippen LogP contribution < -0.4 is 5.73 Å². The minimum absolute atomic E-state index is 0.227. The Hall–Kier alpha value is -1.13. The highest BCUT2D eigenvalue weighted by molar-refractivity contribution is 9.10. The molecular formula is C12H11BrFNO. The molecule has 2 rings (SSSR count). The molecule has 0 aliphatic heterocycles. The third-order valence-corrected chi connectivity index (χ3v) is 3.12. The Morgan fingerprint density at radius 3 is 2.69 bits per heavy atom. The summed E-state index contributed by atoms with van der Waals surface area (Å²) in [6.07, 6.45) is 1.57. The smallest absolute Gasteiger partial charge is 0.139 e. The first-order valence-electron chi connectivity index (χ1n) is 4.84. The molecule has 2 nitrogen and oxygen atoms in total. The fraction of sp³-hybridized carbons (Fsp3) is 0.167. The molecule has 0 amide bonds. The normalized spacial score (nSPS) is 12.8. The van der Waals surface area contributed by atoms with Gasteiger partial charge in [0.25, 0.3) is 0 Å². The van der Waals surface area contributed by atoms with E-state index in [1.54, 1.807) is 31.4 Å². The van der Waals surface area contributed by atoms with E-state index < -0.39 is 0 Å². The molecule has 1 atom stereocenters. The number of aryl methyl sites for hydroxylation is 1. The molecule has 0 bridgehead atoms. The molecule has 2 aromatic rings. The predicted molar refractivity (Wildman–Crippen MR) is 63.6 cm³/mol. The fourth-order valence-electron chi connectivity index (χ4n) is 1.54. The lowest BCUT2D eigenvalue weighted by molar-refractivity contribution is 0.487. The second-order valence-corrected chi connectivity index (χ2v) is 4.47. The van der Waals surface area contributed by atoms with Gasteiger partial charge in [-0.05, 0) is 46.1 Å². The molecule has 16 heavy (non-hydrogen) atoms. The SMILES string of the molecule is Cc1cc(C(N)c2occc2Br)ccc1F. The molecule has 0 saturated heterocycles. The van der Waals surface area contributed by atoms with Crippen molar-refractivity contribution in [1.82, 2.24) is 0 Å². The van der Waals surface area contributed by atoms with Crippen LogP contribution >= 0.6 is 15.9 Å². The number of rotatable bonds is 2. The van der Waals surface area contributed by atoms with E-state index in [1.165, 1.54) is 6.07 Å². The monoisotopic (exact) mass is 283 g/mol. The van der Waals surface area contributed by atoms with Crippen molar-refractivity contribution >= 4 is 15.9 Å². The van der Waals surface area contributed by atoms with Crippen LogP contribution in [-0.2, 0) is 0 Å². The summed E-state index contributed by atoms with van der Waals surface area (Å²) in [6, 6.07) is 6.22. The van der Waals surface area contributed by atoms with Crippen molar-refractivity contribution < 1.29 is 8.81 Å². The number of hydrogen-bond acceptors (Lipinski definition) is 2. The van der Waals surface area contributed by atoms with Gasteiger partial charge in [-0.2, -0.15) is 0 Å². The van der Waals surface area contributed by atoms with Gasteiger partial charge in [0, 0.05) is 0 Å². The van der Waals surface area contributed by atoms with Gasteiger partial charge < -0.3 is 10.2 Å². The minimum atomic E-state index is -0.385. The summed E-state index contributed by atoms with van der Waals surface area (Å²) in [5, 5.41) is 0. The maximum absolute atomic E-state index is 13.1. The summed E-state index contributed by atoms with van der Waals surface area (Å²) in [6.45, 7) is 1.71. The highest BCUT2D eigenvalue weighted by atomic mass is 79.9. The Morgan fingerprint density at radius 2 is 2.12 bits per heavy atom. The van der Waals surface area contributed by atoms with Gasteiger partial charge in [-0.3, -0.25) is 0 Å². The van der Waals surface area contributed by atoms with Crippen LogP contribution in [-0.4, -0.2) is 0 Å². The maximum Gasteiger partial charge on any atom is 0.139 e. The van der Waals surface area contributed by atoms with Crippen LogP contribution in [0.2, 0.25) is 0 Å². The number of furan rings is 1. The van der Waals surface area contributed by atoms with Crippen molar-refractivity contribution in [2.24, 2.45) is 5.73 Å². The third kappa shape index (κ3) is 2.03. The van der Waals surface area contributed by atoms with Gasteiger partial charge in [0.1, 0.15) is 11.6 Å². The summed E-state index contributed by atoms with van der Waals surface area (Å²) < 4.78 is 19.2. The maximum atomic E-state index is 13.1. The van der Waals surface area contributed by atoms with E-state index in [4.69, 9.17) is 10.2 Å². The first kappa shape index (κ1) is 11.4. The molecule has 0 fully saturated rings. The van der Waals surface area contributed by atoms with Crippen molar-refractivity contribution in [1.29, 1.82) is 0 Å². The quantitative estimate of drug-likeness (QED) is 0.916. The molecule has 0 aliphatic rings. The number of benzene rings is 1. The third-order valence-electron chi connectivity index (χ3n) is 2.47. The zero-order chi connectivity index (χ0) is 11.7. The number of hydrogen-bond donors (Lipinski definition) is 1. The zero-order valence-electron chi connectivity index (χ0n) is 8.71. The van der Waals surface area contributed by atoms with Crippen LogP contribution in [0.15, 0.2) is 39.4 Å². The van der Waals surface area contributed by atoms with Gasteiger partial charge in [-0.1, -0.05) is 12.1 Å². The van der Waals surface area contributed by atoms with Gasteiger partial charge in [0.2, 0.25) is 0 Å². The molecule has 0 aliphatic carbocycles. The zero-order valence-corrected chi connectivity index (χ0v) is 10.3. The molecule has 0 radical (unpaired) electrons. The van der Waals surface area contributed by atoms with E-state index in [0.29, 0.717) is 11.3 Å². The predicted octanol–water partition coefficient (Wildman–Crippen LogP) is 3.54. The van der Waals surface area contributed by atoms with E-state index in [-0.39, 0.29) is 11.9 Å². The average molecular weight is 284 g/mol. The minimum Gasteiger partial charge on any atom is -0.466 e. The second-order valence-electron chi connectivity index (χ2n) is 3.62. The van der Waals surface area contributed by atoms with Crippen molar-refractivity contribution in [2.45, 2.75) is 13.0 Å². The Balaban J connectivity index is 2.38. The van der Waals surface area contributed by atoms with Crippen LogP contribution in [0.1, 0.15) is 22.9 Å². The fourth-order valence-corrected chi connectivity index (χ4v) is 1.99. The topological polar surface area (TPSA) is 39.2 Å². The molecule has 1 heterocycles. The van der Waals surface area contributed by atoms with Crippen LogP contribution in [0.3, 0.4) is 0 Å². The lowest BCUT2D eigenvalue weighted by Gasteiger charge is -2.11. The van der Waals surface area contributed by atoms with Crippen LogP contribution in [0, 0.1) is 12.7 Å². The highest BCUT2D eigenvalue weighted by Crippen LogP contribution is 2.28. The Bertz CT molecular complexity index is 509. The van der Waals surface area contributed by atoms with E-state index in [9.17, 15) is 4.39 Å². The molecule has 1 aromatic carbocycles. The van der Waals surface area contributed by atoms with Crippen molar-refractivity contribution in [3.8, 4) is 0 Å². The Kier molecular flexibility index (Phi) is 3.12. The van der Waals surface area contributed by atoms with Crippen molar-refractivity contribution in [2.75, 3.05) is 0 Å². The Labute approximate surface area is 101 Å². The van der Waals surface area contributed by atoms with E-state index in [0.717, 1.165) is 10.0 Å². The summed E-state index contributed by atoms with van der Waals surface area (Å²) in [5.41, 5.74) is 7.44. The van der Waals surface area contributed by atoms with E-state index in [2.05, 4.69) is 15.9 Å². The van der Waals surface area contributed by atoms with E-state index >= 15 is 0 Å². The van der Waals surface area contributed by atoms with Crippen LogP contribution in [0.4, 0.5) is 4.39 Å². The number of halogens is 2. The van der Waals surface area contributed by atoms with E-state index in [1.807, 2.05) is 0 Å². The molecule has 0 saturated carbocycles. The highest BCUT2D eigenvalue weighted by Gasteiger charge is 2.16. The van der Waals surface area contributed by atoms with Gasteiger partial charge in [0.15, 0.2) is 0 Å². The van der Waals surface area contributed by atoms with Crippen LogP contribution in [0.25, 0.3) is 0 Å². The summed E-state index contributed by atoms with van der Waals surface area (Å²) >= 11 is 3.35. The average Bonchev–Trinajstić information content (AvgIpc) is 2.67. The van der Waals surface area contributed by atoms with Gasteiger partial charge in [-0.15, -0.1) is 0 Å². The lowest BCUT2D eigenvalue weighted by Crippen LogP contribution is -2.11. The number of nitrogens with two attached hydrogens (primary N) is 1. The largest absolute Gasteiger partial charge is 0.466 e. The first-order valence-corrected chi connectivity index (χ1v) is 5.63. The molecule has 1 unspecified atom stereocenters. The molecule has 84 valence electrons. The molecule has 4 heteroatoms. The van der Waals surface area contributed by atoms with Crippen molar-refractivity contribution in [3.05, 3.63) is 57.7 Å². The summed E-state index contributed by atoms with van der Waals surface area (Å²) in [4.78, 5) is 0. The standard InChI is InChI=1S/C12H11BrFNO/c1-7-6-8(2-3-10(7)14)11(15)12-9(13)4-5-16-12/h2-6,11H,15H2,1H3. The first-order chi connectivity index (χ1) is 7.59. The lowest BCUT2D eigenvalue weighted by atomic mass is 10.0. The van der Waals surface area contributed by atoms with Gasteiger partial charge >= 0.3 is 0 Å². The molecule has 2 N–H and O–H groups in total. The molecular weight excluding hydrogens is 273 g/mol. The molecule has 0 spiro atoms. The Morgan fingerprint density at radius 1 is 1.38 bits per heavy atom. The van der Waals surface area contributed by atoms with Gasteiger partial charge in [0.05, 0.1) is 16.8 Å². The molecule has 1 aromatic heterocycles.